The fourth-order valence-corrected chi connectivity index (χ4v) is 3.96. The number of amides is 2. The number of urea groups is 1. The Hall–Kier alpha value is -2.32. The minimum Gasteiger partial charge on any atom is -0.493 e. The second-order valence-electron chi connectivity index (χ2n) is 6.20. The van der Waals surface area contributed by atoms with Gasteiger partial charge in [-0.25, -0.2) is 9.78 Å². The van der Waals surface area contributed by atoms with Crippen molar-refractivity contribution in [3.05, 3.63) is 34.3 Å². The predicted octanol–water partition coefficient (Wildman–Crippen LogP) is 2.51. The van der Waals surface area contributed by atoms with Gasteiger partial charge in [0.25, 0.3) is 0 Å². The number of benzene rings is 1. The third-order valence-corrected chi connectivity index (χ3v) is 5.29. The van der Waals surface area contributed by atoms with Crippen LogP contribution >= 0.6 is 11.3 Å². The number of thiazole rings is 1. The zero-order chi connectivity index (χ0) is 18.5. The van der Waals surface area contributed by atoms with Crippen molar-refractivity contribution in [3.63, 3.8) is 0 Å². The molecule has 0 saturated carbocycles. The molecular formula is C18H24N4O3S. The number of nitrogens with zero attached hydrogens (tertiary/aromatic N) is 2. The number of hydrogen-bond donors (Lipinski definition) is 2. The van der Waals surface area contributed by atoms with Crippen molar-refractivity contribution >= 4 is 22.5 Å². The van der Waals surface area contributed by atoms with Crippen LogP contribution in [0.1, 0.15) is 16.1 Å². The number of aromatic nitrogens is 1. The molecule has 8 heteroatoms. The normalized spacial score (nSPS) is 13.8. The summed E-state index contributed by atoms with van der Waals surface area (Å²) in [6.07, 6.45) is 1.64. The standard InChI is InChI=1S/C18H24N4O3S/c1-22-9-7-13-16(11-22)26-18(20-13)21-17(23)19-8-6-12-4-5-14(24-2)15(10-12)25-3/h4-5,10H,6-9,11H2,1-3H3,(H2,19,20,21,23). The van der Waals surface area contributed by atoms with E-state index in [0.717, 1.165) is 30.8 Å². The maximum Gasteiger partial charge on any atom is 0.321 e. The molecule has 0 radical (unpaired) electrons. The molecule has 2 N–H and O–H groups in total. The molecule has 1 aliphatic heterocycles. The molecule has 0 atom stereocenters. The summed E-state index contributed by atoms with van der Waals surface area (Å²) in [5.41, 5.74) is 2.17. The van der Waals surface area contributed by atoms with E-state index in [1.54, 1.807) is 25.6 Å². The fraction of sp³-hybridized carbons (Fsp3) is 0.444. The number of hydrogen-bond acceptors (Lipinski definition) is 6. The summed E-state index contributed by atoms with van der Waals surface area (Å²) in [6, 6.07) is 5.52. The molecule has 0 aliphatic carbocycles. The molecule has 2 aromatic rings. The maximum absolute atomic E-state index is 12.1. The Bertz CT molecular complexity index is 778. The minimum absolute atomic E-state index is 0.232. The van der Waals surface area contributed by atoms with Crippen LogP contribution in [0.15, 0.2) is 18.2 Å². The highest BCUT2D eigenvalue weighted by molar-refractivity contribution is 7.15. The molecule has 1 aliphatic rings. The Morgan fingerprint density at radius 3 is 2.88 bits per heavy atom. The quantitative estimate of drug-likeness (QED) is 0.810. The molecule has 1 aromatic heterocycles. The van der Waals surface area contributed by atoms with Crippen LogP contribution in [0, 0.1) is 0 Å². The first-order valence-electron chi connectivity index (χ1n) is 8.52. The van der Waals surface area contributed by atoms with Crippen molar-refractivity contribution in [2.75, 3.05) is 39.7 Å². The molecule has 0 saturated heterocycles. The molecular weight excluding hydrogens is 352 g/mol. The lowest BCUT2D eigenvalue weighted by molar-refractivity contribution is 0.252. The Labute approximate surface area is 157 Å². The van der Waals surface area contributed by atoms with Crippen LogP contribution in [0.3, 0.4) is 0 Å². The number of ether oxygens (including phenoxy) is 2. The van der Waals surface area contributed by atoms with Crippen molar-refractivity contribution in [1.82, 2.24) is 15.2 Å². The van der Waals surface area contributed by atoms with Crippen molar-refractivity contribution < 1.29 is 14.3 Å². The second-order valence-corrected chi connectivity index (χ2v) is 7.28. The molecule has 3 rings (SSSR count). The molecule has 2 heterocycles. The van der Waals surface area contributed by atoms with E-state index in [-0.39, 0.29) is 6.03 Å². The van der Waals surface area contributed by atoms with Gasteiger partial charge in [0.15, 0.2) is 16.6 Å². The largest absolute Gasteiger partial charge is 0.493 e. The second kappa shape index (κ2) is 8.37. The van der Waals surface area contributed by atoms with Gasteiger partial charge in [-0.05, 0) is 31.2 Å². The van der Waals surface area contributed by atoms with Crippen molar-refractivity contribution in [2.24, 2.45) is 0 Å². The summed E-state index contributed by atoms with van der Waals surface area (Å²) in [4.78, 5) is 20.1. The van der Waals surface area contributed by atoms with E-state index in [1.165, 1.54) is 4.88 Å². The van der Waals surface area contributed by atoms with Crippen LogP contribution in [0.4, 0.5) is 9.93 Å². The first-order valence-corrected chi connectivity index (χ1v) is 9.33. The third kappa shape index (κ3) is 4.44. The van der Waals surface area contributed by atoms with Crippen molar-refractivity contribution in [1.29, 1.82) is 0 Å². The highest BCUT2D eigenvalue weighted by Gasteiger charge is 2.19. The Morgan fingerprint density at radius 2 is 2.12 bits per heavy atom. The van der Waals surface area contributed by atoms with E-state index < -0.39 is 0 Å². The summed E-state index contributed by atoms with van der Waals surface area (Å²) in [6.45, 7) is 2.43. The van der Waals surface area contributed by atoms with Crippen LogP contribution in [0.25, 0.3) is 0 Å². The van der Waals surface area contributed by atoms with Gasteiger partial charge in [-0.15, -0.1) is 11.3 Å². The predicted molar refractivity (Wildman–Crippen MR) is 102 cm³/mol. The summed E-state index contributed by atoms with van der Waals surface area (Å²) in [5.74, 6) is 1.38. The highest BCUT2D eigenvalue weighted by atomic mass is 32.1. The lowest BCUT2D eigenvalue weighted by Gasteiger charge is -2.20. The third-order valence-electron chi connectivity index (χ3n) is 4.29. The number of rotatable bonds is 6. The van der Waals surface area contributed by atoms with Gasteiger partial charge in [-0.2, -0.15) is 0 Å². The molecule has 0 spiro atoms. The first-order chi connectivity index (χ1) is 12.6. The van der Waals surface area contributed by atoms with Gasteiger partial charge in [0.05, 0.1) is 19.9 Å². The molecule has 26 heavy (non-hydrogen) atoms. The SMILES string of the molecule is COc1ccc(CCNC(=O)Nc2nc3c(s2)CN(C)CC3)cc1OC. The average Bonchev–Trinajstić information content (AvgIpc) is 3.02. The molecule has 0 fully saturated rings. The van der Waals surface area contributed by atoms with Crippen LogP contribution in [-0.4, -0.2) is 50.3 Å². The van der Waals surface area contributed by atoms with E-state index in [2.05, 4.69) is 27.6 Å². The van der Waals surface area contributed by atoms with Gasteiger partial charge >= 0.3 is 6.03 Å². The lowest BCUT2D eigenvalue weighted by Crippen LogP contribution is -2.30. The molecule has 2 amide bonds. The zero-order valence-electron chi connectivity index (χ0n) is 15.3. The molecule has 1 aromatic carbocycles. The maximum atomic E-state index is 12.1. The zero-order valence-corrected chi connectivity index (χ0v) is 16.1. The molecule has 0 bridgehead atoms. The lowest BCUT2D eigenvalue weighted by atomic mass is 10.1. The van der Waals surface area contributed by atoms with Crippen molar-refractivity contribution in [2.45, 2.75) is 19.4 Å². The van der Waals surface area contributed by atoms with Gasteiger partial charge in [-0.3, -0.25) is 5.32 Å². The fourth-order valence-electron chi connectivity index (χ4n) is 2.87. The molecule has 0 unspecified atom stereocenters. The summed E-state index contributed by atoms with van der Waals surface area (Å²) in [5, 5.41) is 6.37. The number of carbonyl (C=O) groups is 1. The Balaban J connectivity index is 1.49. The van der Waals surface area contributed by atoms with E-state index in [0.29, 0.717) is 29.6 Å². The van der Waals surface area contributed by atoms with Gasteiger partial charge < -0.3 is 19.7 Å². The van der Waals surface area contributed by atoms with E-state index >= 15 is 0 Å². The number of likely N-dealkylation sites (N-methyl/N-ethyl adjacent to an activating group) is 1. The number of anilines is 1. The Morgan fingerprint density at radius 1 is 1.31 bits per heavy atom. The van der Waals surface area contributed by atoms with Gasteiger partial charge in [0.1, 0.15) is 0 Å². The topological polar surface area (TPSA) is 75.7 Å². The Kier molecular flexibility index (Phi) is 5.95. The molecule has 7 nitrogen and oxygen atoms in total. The summed E-state index contributed by atoms with van der Waals surface area (Å²) < 4.78 is 10.5. The monoisotopic (exact) mass is 376 g/mol. The van der Waals surface area contributed by atoms with Gasteiger partial charge in [0.2, 0.25) is 0 Å². The van der Waals surface area contributed by atoms with E-state index in [9.17, 15) is 4.79 Å². The number of nitrogens with one attached hydrogen (secondary N) is 2. The number of fused-ring (bicyclic) bond motifs is 1. The highest BCUT2D eigenvalue weighted by Crippen LogP contribution is 2.28. The average molecular weight is 376 g/mol. The van der Waals surface area contributed by atoms with Crippen LogP contribution < -0.4 is 20.1 Å². The molecule has 140 valence electrons. The smallest absolute Gasteiger partial charge is 0.321 e. The first kappa shape index (κ1) is 18.5. The van der Waals surface area contributed by atoms with Crippen LogP contribution in [-0.2, 0) is 19.4 Å². The van der Waals surface area contributed by atoms with E-state index in [4.69, 9.17) is 9.47 Å². The number of methoxy groups -OCH3 is 2. The number of carbonyl (C=O) groups excluding carboxylic acids is 1. The summed E-state index contributed by atoms with van der Waals surface area (Å²) in [7, 11) is 5.31. The summed E-state index contributed by atoms with van der Waals surface area (Å²) >= 11 is 1.55. The van der Waals surface area contributed by atoms with Gasteiger partial charge in [0, 0.05) is 30.9 Å². The van der Waals surface area contributed by atoms with Crippen molar-refractivity contribution in [3.8, 4) is 11.5 Å². The van der Waals surface area contributed by atoms with Crippen LogP contribution in [0.5, 0.6) is 11.5 Å². The van der Waals surface area contributed by atoms with Gasteiger partial charge in [-0.1, -0.05) is 6.07 Å². The van der Waals surface area contributed by atoms with Crippen LogP contribution in [0.2, 0.25) is 0 Å². The van der Waals surface area contributed by atoms with E-state index in [1.807, 2.05) is 18.2 Å². The minimum atomic E-state index is -0.232.